The lowest BCUT2D eigenvalue weighted by Crippen LogP contribution is -2.29. The average molecular weight is 476 g/mol. The molecule has 1 heterocycles. The number of anilines is 1. The molecule has 1 aromatic heterocycles. The fourth-order valence-electron chi connectivity index (χ4n) is 2.84. The first kappa shape index (κ1) is 21.3. The standard InChI is InChI=1S/C21H22BrN3O3S/c1-25(11-14-6-4-5-7-17(14)22)12-20(26)24-21-23-18(13-29-21)16-9-8-15(27-2)10-19(16)28-3/h4-10,13H,11-12H2,1-3H3,(H,23,24,26). The highest BCUT2D eigenvalue weighted by atomic mass is 79.9. The third-order valence-electron chi connectivity index (χ3n) is 4.25. The van der Waals surface area contributed by atoms with E-state index < -0.39 is 0 Å². The molecule has 0 aliphatic heterocycles. The van der Waals surface area contributed by atoms with Crippen molar-refractivity contribution in [2.24, 2.45) is 0 Å². The molecule has 0 unspecified atom stereocenters. The molecule has 29 heavy (non-hydrogen) atoms. The highest BCUT2D eigenvalue weighted by Gasteiger charge is 2.14. The molecule has 0 saturated heterocycles. The monoisotopic (exact) mass is 475 g/mol. The first-order valence-corrected chi connectivity index (χ1v) is 10.6. The summed E-state index contributed by atoms with van der Waals surface area (Å²) in [6.45, 7) is 0.934. The lowest BCUT2D eigenvalue weighted by molar-refractivity contribution is -0.117. The molecule has 2 aromatic carbocycles. The summed E-state index contributed by atoms with van der Waals surface area (Å²) in [4.78, 5) is 18.9. The zero-order valence-corrected chi connectivity index (χ0v) is 18.8. The summed E-state index contributed by atoms with van der Waals surface area (Å²) in [5.74, 6) is 1.27. The molecule has 8 heteroatoms. The topological polar surface area (TPSA) is 63.7 Å². The molecule has 0 spiro atoms. The molecule has 0 bridgehead atoms. The number of methoxy groups -OCH3 is 2. The molecule has 0 radical (unpaired) electrons. The maximum Gasteiger partial charge on any atom is 0.240 e. The minimum atomic E-state index is -0.109. The first-order valence-electron chi connectivity index (χ1n) is 8.90. The van der Waals surface area contributed by atoms with Gasteiger partial charge in [-0.1, -0.05) is 34.1 Å². The highest BCUT2D eigenvalue weighted by Crippen LogP contribution is 2.34. The Morgan fingerprint density at radius 2 is 2.00 bits per heavy atom. The fraction of sp³-hybridized carbons (Fsp3) is 0.238. The van der Waals surface area contributed by atoms with Gasteiger partial charge in [-0.2, -0.15) is 0 Å². The number of hydrogen-bond donors (Lipinski definition) is 1. The zero-order chi connectivity index (χ0) is 20.8. The van der Waals surface area contributed by atoms with Crippen LogP contribution in [0.15, 0.2) is 52.3 Å². The van der Waals surface area contributed by atoms with Gasteiger partial charge in [-0.15, -0.1) is 11.3 Å². The van der Waals surface area contributed by atoms with Gasteiger partial charge < -0.3 is 14.8 Å². The normalized spacial score (nSPS) is 10.8. The van der Waals surface area contributed by atoms with Crippen LogP contribution in [0.2, 0.25) is 0 Å². The van der Waals surface area contributed by atoms with Crippen LogP contribution in [-0.2, 0) is 11.3 Å². The van der Waals surface area contributed by atoms with Crippen LogP contribution in [0.25, 0.3) is 11.3 Å². The number of nitrogens with zero attached hydrogens (tertiary/aromatic N) is 2. The van der Waals surface area contributed by atoms with Crippen LogP contribution in [0.3, 0.4) is 0 Å². The average Bonchev–Trinajstić information content (AvgIpc) is 3.17. The van der Waals surface area contributed by atoms with E-state index in [4.69, 9.17) is 9.47 Å². The quantitative estimate of drug-likeness (QED) is 0.513. The van der Waals surface area contributed by atoms with E-state index in [1.165, 1.54) is 11.3 Å². The number of carbonyl (C=O) groups is 1. The lowest BCUT2D eigenvalue weighted by atomic mass is 10.1. The minimum absolute atomic E-state index is 0.109. The third-order valence-corrected chi connectivity index (χ3v) is 5.78. The van der Waals surface area contributed by atoms with Crippen molar-refractivity contribution in [3.05, 3.63) is 57.9 Å². The number of ether oxygens (including phenoxy) is 2. The van der Waals surface area contributed by atoms with E-state index in [0.717, 1.165) is 21.3 Å². The molecule has 3 rings (SSSR count). The van der Waals surface area contributed by atoms with Crippen LogP contribution in [0.4, 0.5) is 5.13 Å². The van der Waals surface area contributed by atoms with Gasteiger partial charge in [0.1, 0.15) is 11.5 Å². The summed E-state index contributed by atoms with van der Waals surface area (Å²) in [6.07, 6.45) is 0. The summed E-state index contributed by atoms with van der Waals surface area (Å²) >= 11 is 4.92. The summed E-state index contributed by atoms with van der Waals surface area (Å²) in [6, 6.07) is 13.5. The number of amides is 1. The van der Waals surface area contributed by atoms with E-state index in [1.807, 2.05) is 59.8 Å². The number of rotatable bonds is 8. The van der Waals surface area contributed by atoms with E-state index in [2.05, 4.69) is 26.2 Å². The Hall–Kier alpha value is -2.42. The molecule has 0 aliphatic carbocycles. The van der Waals surface area contributed by atoms with Gasteiger partial charge in [-0.25, -0.2) is 4.98 Å². The van der Waals surface area contributed by atoms with Crippen LogP contribution in [0, 0.1) is 0 Å². The van der Waals surface area contributed by atoms with Crippen LogP contribution >= 0.6 is 27.3 Å². The van der Waals surface area contributed by atoms with E-state index in [1.54, 1.807) is 14.2 Å². The number of aromatic nitrogens is 1. The second-order valence-corrected chi connectivity index (χ2v) is 8.13. The summed E-state index contributed by atoms with van der Waals surface area (Å²) < 4.78 is 11.7. The summed E-state index contributed by atoms with van der Waals surface area (Å²) in [5, 5.41) is 5.32. The Labute approximate surface area is 182 Å². The molecule has 0 atom stereocenters. The van der Waals surface area contributed by atoms with Crippen LogP contribution in [-0.4, -0.2) is 43.6 Å². The number of carbonyl (C=O) groups excluding carboxylic acids is 1. The van der Waals surface area contributed by atoms with Crippen molar-refractivity contribution in [3.63, 3.8) is 0 Å². The van der Waals surface area contributed by atoms with Crippen molar-refractivity contribution >= 4 is 38.3 Å². The third kappa shape index (κ3) is 5.56. The number of hydrogen-bond acceptors (Lipinski definition) is 6. The van der Waals surface area contributed by atoms with Crippen molar-refractivity contribution in [1.82, 2.24) is 9.88 Å². The number of halogens is 1. The molecule has 0 aliphatic rings. The van der Waals surface area contributed by atoms with E-state index >= 15 is 0 Å². The maximum atomic E-state index is 12.4. The van der Waals surface area contributed by atoms with Crippen LogP contribution in [0.1, 0.15) is 5.56 Å². The van der Waals surface area contributed by atoms with Crippen molar-refractivity contribution in [3.8, 4) is 22.8 Å². The number of thiazole rings is 1. The van der Waals surface area contributed by atoms with Crippen molar-refractivity contribution in [2.45, 2.75) is 6.54 Å². The largest absolute Gasteiger partial charge is 0.497 e. The number of benzene rings is 2. The predicted molar refractivity (Wildman–Crippen MR) is 120 cm³/mol. The Kier molecular flexibility index (Phi) is 7.24. The molecular weight excluding hydrogens is 454 g/mol. The van der Waals surface area contributed by atoms with Crippen molar-refractivity contribution in [1.29, 1.82) is 0 Å². The molecule has 3 aromatic rings. The fourth-order valence-corrected chi connectivity index (χ4v) is 3.98. The Bertz CT molecular complexity index is 993. The van der Waals surface area contributed by atoms with E-state index in [0.29, 0.717) is 23.2 Å². The molecular formula is C21H22BrN3O3S. The molecule has 152 valence electrons. The molecule has 1 N–H and O–H groups in total. The zero-order valence-electron chi connectivity index (χ0n) is 16.4. The van der Waals surface area contributed by atoms with Crippen molar-refractivity contribution < 1.29 is 14.3 Å². The Morgan fingerprint density at radius 3 is 2.72 bits per heavy atom. The first-order chi connectivity index (χ1) is 14.0. The Morgan fingerprint density at radius 1 is 1.21 bits per heavy atom. The lowest BCUT2D eigenvalue weighted by Gasteiger charge is -2.16. The van der Waals surface area contributed by atoms with E-state index in [-0.39, 0.29) is 12.5 Å². The van der Waals surface area contributed by atoms with Gasteiger partial charge in [0.05, 0.1) is 26.5 Å². The maximum absolute atomic E-state index is 12.4. The van der Waals surface area contributed by atoms with Gasteiger partial charge in [-0.05, 0) is 30.8 Å². The molecule has 0 fully saturated rings. The minimum Gasteiger partial charge on any atom is -0.497 e. The molecule has 0 saturated carbocycles. The molecule has 6 nitrogen and oxygen atoms in total. The molecule has 1 amide bonds. The summed E-state index contributed by atoms with van der Waals surface area (Å²) in [5.41, 5.74) is 2.72. The van der Waals surface area contributed by atoms with Gasteiger partial charge in [0.2, 0.25) is 5.91 Å². The van der Waals surface area contributed by atoms with Gasteiger partial charge >= 0.3 is 0 Å². The predicted octanol–water partition coefficient (Wildman–Crippen LogP) is 4.66. The smallest absolute Gasteiger partial charge is 0.240 e. The second-order valence-electron chi connectivity index (χ2n) is 6.42. The highest BCUT2D eigenvalue weighted by molar-refractivity contribution is 9.10. The Balaban J connectivity index is 1.62. The van der Waals surface area contributed by atoms with Crippen LogP contribution in [0.5, 0.6) is 11.5 Å². The van der Waals surface area contributed by atoms with Crippen LogP contribution < -0.4 is 14.8 Å². The van der Waals surface area contributed by atoms with Gasteiger partial charge in [0, 0.05) is 28.0 Å². The number of likely N-dealkylation sites (N-methyl/N-ethyl adjacent to an activating group) is 1. The van der Waals surface area contributed by atoms with E-state index in [9.17, 15) is 4.79 Å². The SMILES string of the molecule is COc1ccc(-c2csc(NC(=O)CN(C)Cc3ccccc3Br)n2)c(OC)c1. The number of nitrogens with one attached hydrogen (secondary N) is 1. The summed E-state index contributed by atoms with van der Waals surface area (Å²) in [7, 11) is 5.13. The van der Waals surface area contributed by atoms with Gasteiger partial charge in [-0.3, -0.25) is 9.69 Å². The van der Waals surface area contributed by atoms with Gasteiger partial charge in [0.15, 0.2) is 5.13 Å². The second kappa shape index (κ2) is 9.87. The van der Waals surface area contributed by atoms with Crippen molar-refractivity contribution in [2.75, 3.05) is 33.1 Å². The van der Waals surface area contributed by atoms with Gasteiger partial charge in [0.25, 0.3) is 0 Å².